The Bertz CT molecular complexity index is 1890. The molecule has 0 aliphatic rings. The molecule has 72 heavy (non-hydrogen) atoms. The maximum absolute atomic E-state index is 2.17. The lowest BCUT2D eigenvalue weighted by Crippen LogP contribution is -1.67. The molecule has 0 aliphatic heterocycles. The molecule has 0 aromatic heterocycles. The van der Waals surface area contributed by atoms with Crippen molar-refractivity contribution in [2.75, 3.05) is 0 Å². The highest BCUT2D eigenvalue weighted by atomic mass is 13.9. The average molecular weight is 966 g/mol. The van der Waals surface area contributed by atoms with Crippen LogP contribution in [0.3, 0.4) is 0 Å². The molecule has 0 fully saturated rings. The van der Waals surface area contributed by atoms with Gasteiger partial charge in [-0.05, 0) is 65.7 Å². The maximum atomic E-state index is 2.17. The van der Waals surface area contributed by atoms with E-state index in [4.69, 9.17) is 0 Å². The molecule has 0 radical (unpaired) electrons. The fourth-order valence-electron chi connectivity index (χ4n) is 5.66. The number of hydrogen-bond donors (Lipinski definition) is 0. The number of fused-ring (bicyclic) bond motifs is 5. The Hall–Kier alpha value is -6.50. The molecule has 0 heteroatoms. The highest BCUT2D eigenvalue weighted by Crippen LogP contribution is 2.14. The number of rotatable bonds is 0. The van der Waals surface area contributed by atoms with Crippen LogP contribution in [0.5, 0.6) is 0 Å². The van der Waals surface area contributed by atoms with Gasteiger partial charge in [0.25, 0.3) is 0 Å². The number of hydrogen-bond acceptors (Lipinski definition) is 0. The summed E-state index contributed by atoms with van der Waals surface area (Å²) in [5.41, 5.74) is 0. The summed E-state index contributed by atoms with van der Waals surface area (Å²) in [6.07, 6.45) is 2.50. The summed E-state index contributed by atoms with van der Waals surface area (Å²) in [5.74, 6) is 1.67. The fraction of sp³-hybridized carbons (Fsp3) is 0.306. The van der Waals surface area contributed by atoms with Crippen molar-refractivity contribution >= 4 is 53.9 Å². The van der Waals surface area contributed by atoms with E-state index in [1.54, 1.807) is 0 Å². The van der Waals surface area contributed by atoms with E-state index in [1.807, 2.05) is 55.4 Å². The molecule has 0 saturated carbocycles. The third kappa shape index (κ3) is 35.6. The van der Waals surface area contributed by atoms with E-state index >= 15 is 0 Å². The summed E-state index contributed by atoms with van der Waals surface area (Å²) in [5, 5.41) is 13.1. The van der Waals surface area contributed by atoms with Crippen LogP contribution < -0.4 is 0 Å². The van der Waals surface area contributed by atoms with Crippen LogP contribution in [-0.4, -0.2) is 0 Å². The minimum absolute atomic E-state index is 0.833. The third-order valence-corrected chi connectivity index (χ3v) is 8.29. The maximum Gasteiger partial charge on any atom is -0.0184 e. The topological polar surface area (TPSA) is 0 Å². The highest BCUT2D eigenvalue weighted by Gasteiger charge is 1.89. The van der Waals surface area contributed by atoms with Gasteiger partial charge in [0, 0.05) is 0 Å². The van der Waals surface area contributed by atoms with Crippen LogP contribution in [0.1, 0.15) is 137 Å². The molecular formula is C72H100. The fourth-order valence-corrected chi connectivity index (χ4v) is 5.66. The van der Waals surface area contributed by atoms with E-state index in [0.717, 1.165) is 11.8 Å². The van der Waals surface area contributed by atoms with Crippen LogP contribution in [0, 0.1) is 11.8 Å². The SMILES string of the molecule is CC.CC.CC.CC.CC(C)C.CC(C)C.CCC.CCC.c1ccc2ccccc2c1.c1ccc2ccccc2c1.c1ccc2ccccc2c1.c1ccc2ccccc2c1.c1ccc2ccccc2c1. The summed E-state index contributed by atoms with van der Waals surface area (Å²) >= 11 is 0. The summed E-state index contributed by atoms with van der Waals surface area (Å²) in [6, 6.07) is 83.6. The largest absolute Gasteiger partial charge is 0.0683 e. The van der Waals surface area contributed by atoms with Gasteiger partial charge in [-0.25, -0.2) is 0 Å². The van der Waals surface area contributed by atoms with E-state index in [2.05, 4.69) is 312 Å². The molecule has 10 rings (SSSR count). The van der Waals surface area contributed by atoms with Gasteiger partial charge in [-0.3, -0.25) is 0 Å². The van der Waals surface area contributed by atoms with Crippen LogP contribution in [-0.2, 0) is 0 Å². The average Bonchev–Trinajstić information content (AvgIpc) is 3.44. The zero-order valence-electron chi connectivity index (χ0n) is 48.7. The molecule has 0 bridgehead atoms. The minimum atomic E-state index is 0.833. The van der Waals surface area contributed by atoms with Gasteiger partial charge >= 0.3 is 0 Å². The van der Waals surface area contributed by atoms with Gasteiger partial charge < -0.3 is 0 Å². The lowest BCUT2D eigenvalue weighted by Gasteiger charge is -1.92. The Morgan fingerprint density at radius 1 is 0.181 bits per heavy atom. The first-order valence-electron chi connectivity index (χ1n) is 27.3. The Morgan fingerprint density at radius 2 is 0.222 bits per heavy atom. The predicted molar refractivity (Wildman–Crippen MR) is 338 cm³/mol. The molecule has 0 amide bonds. The summed E-state index contributed by atoms with van der Waals surface area (Å²) in [4.78, 5) is 0. The van der Waals surface area contributed by atoms with Gasteiger partial charge in [0.2, 0.25) is 0 Å². The molecule has 0 unspecified atom stereocenters. The first-order valence-corrected chi connectivity index (χ1v) is 27.3. The van der Waals surface area contributed by atoms with Gasteiger partial charge in [0.15, 0.2) is 0 Å². The van der Waals surface area contributed by atoms with Crippen LogP contribution in [0.2, 0.25) is 0 Å². The standard InChI is InChI=1S/5C10H8.2C4H10.2C3H8.4C2H6/c5*1-2-6-10-8-4-3-7-9(10)5-1;2*1-4(2)3;2*1-3-2;4*1-2/h5*1-8H;2*4H,1-3H3;2*3H2,1-2H3;4*1-2H3. The van der Waals surface area contributed by atoms with Gasteiger partial charge in [0.1, 0.15) is 0 Å². The Morgan fingerprint density at radius 3 is 0.264 bits per heavy atom. The quantitative estimate of drug-likeness (QED) is 0.142. The summed E-state index contributed by atoms with van der Waals surface area (Å²) in [7, 11) is 0. The smallest absolute Gasteiger partial charge is 0.0184 e. The van der Waals surface area contributed by atoms with Crippen molar-refractivity contribution < 1.29 is 0 Å². The van der Waals surface area contributed by atoms with Crippen molar-refractivity contribution in [2.45, 2.75) is 137 Å². The monoisotopic (exact) mass is 965 g/mol. The van der Waals surface area contributed by atoms with Crippen LogP contribution in [0.25, 0.3) is 53.9 Å². The van der Waals surface area contributed by atoms with Crippen LogP contribution >= 0.6 is 0 Å². The van der Waals surface area contributed by atoms with Crippen LogP contribution in [0.4, 0.5) is 0 Å². The van der Waals surface area contributed by atoms with E-state index in [1.165, 1.54) is 66.7 Å². The van der Waals surface area contributed by atoms with E-state index < -0.39 is 0 Å². The van der Waals surface area contributed by atoms with Gasteiger partial charge in [-0.15, -0.1) is 0 Å². The van der Waals surface area contributed by atoms with Crippen LogP contribution in [0.15, 0.2) is 243 Å². The predicted octanol–water partition coefficient (Wildman–Crippen LogP) is 24.5. The van der Waals surface area contributed by atoms with Crippen molar-refractivity contribution in [1.29, 1.82) is 0 Å². The van der Waals surface area contributed by atoms with Crippen molar-refractivity contribution in [1.82, 2.24) is 0 Å². The summed E-state index contributed by atoms with van der Waals surface area (Å²) in [6.45, 7) is 37.5. The molecular weight excluding hydrogens is 865 g/mol. The van der Waals surface area contributed by atoms with Crippen molar-refractivity contribution in [3.8, 4) is 0 Å². The van der Waals surface area contributed by atoms with Gasteiger partial charge in [-0.2, -0.15) is 0 Å². The normalized spacial score (nSPS) is 8.78. The molecule has 388 valence electrons. The first kappa shape index (κ1) is 69.8. The molecule has 0 nitrogen and oxygen atoms in total. The van der Waals surface area contributed by atoms with Gasteiger partial charge in [0.05, 0.1) is 0 Å². The number of benzene rings is 10. The molecule has 10 aromatic carbocycles. The molecule has 10 aromatic rings. The van der Waals surface area contributed by atoms with E-state index in [9.17, 15) is 0 Å². The Kier molecular flexibility index (Phi) is 49.3. The second kappa shape index (κ2) is 50.9. The minimum Gasteiger partial charge on any atom is -0.0683 e. The molecule has 0 heterocycles. The Labute approximate surface area is 443 Å². The van der Waals surface area contributed by atoms with Crippen molar-refractivity contribution in [2.24, 2.45) is 11.8 Å². The Balaban J connectivity index is -0.000000752. The molecule has 0 saturated heterocycles. The second-order valence-electron chi connectivity index (χ2n) is 16.6. The third-order valence-electron chi connectivity index (χ3n) is 8.29. The van der Waals surface area contributed by atoms with Gasteiger partial charge in [-0.1, -0.05) is 380 Å². The lowest BCUT2D eigenvalue weighted by atomic mass is 10.1. The lowest BCUT2D eigenvalue weighted by molar-refractivity contribution is 0.736. The second-order valence-corrected chi connectivity index (χ2v) is 16.6. The van der Waals surface area contributed by atoms with Crippen molar-refractivity contribution in [3.63, 3.8) is 0 Å². The molecule has 0 spiro atoms. The first-order chi connectivity index (χ1) is 35.1. The molecule has 0 N–H and O–H groups in total. The zero-order chi connectivity index (χ0) is 54.6. The molecule has 0 atom stereocenters. The highest BCUT2D eigenvalue weighted by molar-refractivity contribution is 5.84. The summed E-state index contributed by atoms with van der Waals surface area (Å²) < 4.78 is 0. The van der Waals surface area contributed by atoms with Crippen molar-refractivity contribution in [3.05, 3.63) is 243 Å². The zero-order valence-corrected chi connectivity index (χ0v) is 48.7. The van der Waals surface area contributed by atoms with E-state index in [0.29, 0.717) is 0 Å². The molecule has 0 aliphatic carbocycles. The van der Waals surface area contributed by atoms with E-state index in [-0.39, 0.29) is 0 Å².